The van der Waals surface area contributed by atoms with Crippen molar-refractivity contribution in [2.45, 2.75) is 17.4 Å². The monoisotopic (exact) mass is 386 g/mol. The predicted octanol–water partition coefficient (Wildman–Crippen LogP) is -0.00450. The minimum atomic E-state index is -3.73. The first-order chi connectivity index (χ1) is 11.6. The molecule has 0 spiro atoms. The molecule has 0 radical (unpaired) electrons. The van der Waals surface area contributed by atoms with Gasteiger partial charge in [-0.15, -0.1) is 0 Å². The van der Waals surface area contributed by atoms with Gasteiger partial charge in [-0.3, -0.25) is 4.79 Å². The Morgan fingerprint density at radius 1 is 1.28 bits per heavy atom. The first-order valence-electron chi connectivity index (χ1n) is 7.60. The summed E-state index contributed by atoms with van der Waals surface area (Å²) >= 11 is 0. The second-order valence-electron chi connectivity index (χ2n) is 6.22. The minimum absolute atomic E-state index is 0.0493. The molecular formula is C15H18N2O6S2. The highest BCUT2D eigenvalue weighted by Gasteiger charge is 2.59. The molecule has 0 amide bonds. The molecule has 3 atom stereocenters. The number of rotatable bonds is 7. The Kier molecular flexibility index (Phi) is 4.48. The molecule has 1 heterocycles. The van der Waals surface area contributed by atoms with E-state index in [9.17, 15) is 21.6 Å². The van der Waals surface area contributed by atoms with E-state index >= 15 is 0 Å². The molecule has 0 aromatic heterocycles. The maximum Gasteiger partial charge on any atom is 0.307 e. The Balaban J connectivity index is 1.70. The maximum atomic E-state index is 12.7. The van der Waals surface area contributed by atoms with E-state index in [-0.39, 0.29) is 42.3 Å². The number of fused-ring (bicyclic) bond motifs is 1. The Bertz CT molecular complexity index is 913. The highest BCUT2D eigenvalue weighted by Crippen LogP contribution is 2.47. The fourth-order valence-electron chi connectivity index (χ4n) is 3.24. The van der Waals surface area contributed by atoms with E-state index in [1.807, 2.05) is 0 Å². The molecule has 1 aromatic rings. The lowest BCUT2D eigenvalue weighted by atomic mass is 10.2. The largest absolute Gasteiger partial charge is 0.481 e. The Labute approximate surface area is 146 Å². The number of carbonyl (C=O) groups is 1. The summed E-state index contributed by atoms with van der Waals surface area (Å²) in [6.45, 7) is 3.70. The number of carboxylic acids is 1. The molecule has 1 saturated heterocycles. The van der Waals surface area contributed by atoms with Crippen molar-refractivity contribution >= 4 is 26.0 Å². The van der Waals surface area contributed by atoms with Crippen LogP contribution in [0.1, 0.15) is 5.56 Å². The summed E-state index contributed by atoms with van der Waals surface area (Å²) in [5.74, 6) is -1.13. The Hall–Kier alpha value is -1.75. The fourth-order valence-corrected chi connectivity index (χ4v) is 5.65. The van der Waals surface area contributed by atoms with E-state index in [0.717, 1.165) is 5.41 Å². The first kappa shape index (κ1) is 18.1. The number of hydrogen-bond acceptors (Lipinski definition) is 5. The highest BCUT2D eigenvalue weighted by atomic mass is 32.2. The fraction of sp³-hybridized carbons (Fsp3) is 0.400. The van der Waals surface area contributed by atoms with Gasteiger partial charge in [-0.2, -0.15) is 4.31 Å². The van der Waals surface area contributed by atoms with E-state index < -0.39 is 26.0 Å². The number of nitrogens with one attached hydrogen (secondary N) is 1. The van der Waals surface area contributed by atoms with Gasteiger partial charge in [0.1, 0.15) is 0 Å². The second-order valence-corrected chi connectivity index (χ2v) is 9.82. The molecule has 10 heteroatoms. The number of sulfonamides is 2. The molecule has 136 valence electrons. The number of carboxylic acid groups (broad SMARTS) is 1. The van der Waals surface area contributed by atoms with Crippen LogP contribution >= 0.6 is 0 Å². The van der Waals surface area contributed by atoms with E-state index in [2.05, 4.69) is 11.3 Å². The molecule has 3 rings (SSSR count). The second kappa shape index (κ2) is 6.20. The lowest BCUT2D eigenvalue weighted by Gasteiger charge is -2.20. The zero-order valence-corrected chi connectivity index (χ0v) is 14.8. The smallest absolute Gasteiger partial charge is 0.307 e. The summed E-state index contributed by atoms with van der Waals surface area (Å²) in [6, 6.07) is 5.62. The molecule has 25 heavy (non-hydrogen) atoms. The quantitative estimate of drug-likeness (QED) is 0.680. The van der Waals surface area contributed by atoms with Gasteiger partial charge in [0.05, 0.1) is 11.3 Å². The molecule has 0 bridgehead atoms. The van der Waals surface area contributed by atoms with Crippen LogP contribution in [0, 0.1) is 11.8 Å². The van der Waals surface area contributed by atoms with Crippen molar-refractivity contribution in [1.29, 1.82) is 0 Å². The van der Waals surface area contributed by atoms with Crippen molar-refractivity contribution in [1.82, 2.24) is 9.03 Å². The summed E-state index contributed by atoms with van der Waals surface area (Å²) in [5.41, 5.74) is 0.412. The Morgan fingerprint density at radius 2 is 1.92 bits per heavy atom. The van der Waals surface area contributed by atoms with E-state index in [4.69, 9.17) is 5.11 Å². The number of nitrogens with zero attached hydrogens (tertiary/aromatic N) is 1. The van der Waals surface area contributed by atoms with Gasteiger partial charge in [0.2, 0.25) is 20.0 Å². The third-order valence-corrected chi connectivity index (χ3v) is 7.44. The standard InChI is InChI=1S/C15H18N2O6S2/c1-2-24(20,21)16-15-12-8-17(9-13(12)15)25(22,23)11-5-3-4-10(6-11)7-14(18)19/h2-6,12-13,15-16H,1,7-9H2,(H,18,19)/t12-,13+,15?. The van der Waals surface area contributed by atoms with Gasteiger partial charge in [0, 0.05) is 24.5 Å². The first-order valence-corrected chi connectivity index (χ1v) is 10.6. The van der Waals surface area contributed by atoms with Crippen LogP contribution < -0.4 is 4.72 Å². The van der Waals surface area contributed by atoms with Gasteiger partial charge in [0.25, 0.3) is 0 Å². The topological polar surface area (TPSA) is 121 Å². The maximum absolute atomic E-state index is 12.7. The van der Waals surface area contributed by atoms with Gasteiger partial charge in [-0.1, -0.05) is 18.7 Å². The van der Waals surface area contributed by atoms with Crippen LogP contribution in [0.4, 0.5) is 0 Å². The molecule has 2 N–H and O–H groups in total. The molecule has 1 aliphatic heterocycles. The van der Waals surface area contributed by atoms with Gasteiger partial charge < -0.3 is 5.11 Å². The van der Waals surface area contributed by atoms with Crippen molar-refractivity contribution in [2.75, 3.05) is 13.1 Å². The van der Waals surface area contributed by atoms with Gasteiger partial charge in [-0.25, -0.2) is 21.6 Å². The van der Waals surface area contributed by atoms with Crippen LogP contribution in [0.5, 0.6) is 0 Å². The van der Waals surface area contributed by atoms with E-state index in [1.165, 1.54) is 22.5 Å². The third kappa shape index (κ3) is 3.61. The zero-order valence-electron chi connectivity index (χ0n) is 13.2. The average molecular weight is 386 g/mol. The van der Waals surface area contributed by atoms with Crippen LogP contribution in [-0.2, 0) is 31.3 Å². The highest BCUT2D eigenvalue weighted by molar-refractivity contribution is 7.92. The summed E-state index contributed by atoms with van der Waals surface area (Å²) in [6.07, 6.45) is -0.250. The average Bonchev–Trinajstić information content (AvgIpc) is 2.96. The SMILES string of the molecule is C=CS(=O)(=O)NC1[C@H]2CN(S(=O)(=O)c3cccc(CC(=O)O)c3)C[C@@H]12. The summed E-state index contributed by atoms with van der Waals surface area (Å²) < 4.78 is 52.2. The molecule has 8 nitrogen and oxygen atoms in total. The van der Waals surface area contributed by atoms with Crippen LogP contribution in [-0.4, -0.2) is 51.3 Å². The molecule has 1 aromatic carbocycles. The molecule has 2 fully saturated rings. The van der Waals surface area contributed by atoms with Crippen molar-refractivity contribution in [3.05, 3.63) is 41.8 Å². The number of hydrogen-bond donors (Lipinski definition) is 2. The Morgan fingerprint density at radius 3 is 2.48 bits per heavy atom. The van der Waals surface area contributed by atoms with E-state index in [0.29, 0.717) is 5.56 Å². The number of benzene rings is 1. The van der Waals surface area contributed by atoms with Gasteiger partial charge >= 0.3 is 5.97 Å². The van der Waals surface area contributed by atoms with Crippen LogP contribution in [0.15, 0.2) is 41.1 Å². The third-order valence-electron chi connectivity index (χ3n) is 4.57. The lowest BCUT2D eigenvalue weighted by molar-refractivity contribution is -0.136. The number of aliphatic carboxylic acids is 1. The van der Waals surface area contributed by atoms with Crippen molar-refractivity contribution < 1.29 is 26.7 Å². The van der Waals surface area contributed by atoms with Crippen molar-refractivity contribution in [3.63, 3.8) is 0 Å². The minimum Gasteiger partial charge on any atom is -0.481 e. The molecule has 1 aliphatic carbocycles. The van der Waals surface area contributed by atoms with E-state index in [1.54, 1.807) is 6.07 Å². The summed E-state index contributed by atoms with van der Waals surface area (Å²) in [4.78, 5) is 10.8. The van der Waals surface area contributed by atoms with Crippen LogP contribution in [0.3, 0.4) is 0 Å². The van der Waals surface area contributed by atoms with Gasteiger partial charge in [0.15, 0.2) is 0 Å². The van der Waals surface area contributed by atoms with Crippen molar-refractivity contribution in [3.8, 4) is 0 Å². The molecule has 1 saturated carbocycles. The zero-order chi connectivity index (χ0) is 18.4. The van der Waals surface area contributed by atoms with Gasteiger partial charge in [-0.05, 0) is 29.5 Å². The molecular weight excluding hydrogens is 368 g/mol. The lowest BCUT2D eigenvalue weighted by Crippen LogP contribution is -2.36. The normalized spacial score (nSPS) is 26.2. The molecule has 2 aliphatic rings. The summed E-state index contributed by atoms with van der Waals surface area (Å²) in [7, 11) is -7.26. The summed E-state index contributed by atoms with van der Waals surface area (Å²) in [5, 5.41) is 9.67. The molecule has 1 unspecified atom stereocenters. The van der Waals surface area contributed by atoms with Crippen molar-refractivity contribution in [2.24, 2.45) is 11.8 Å². The van der Waals surface area contributed by atoms with Crippen LogP contribution in [0.25, 0.3) is 0 Å². The number of piperidine rings is 1. The van der Waals surface area contributed by atoms with Crippen LogP contribution in [0.2, 0.25) is 0 Å². The predicted molar refractivity (Wildman–Crippen MR) is 89.6 cm³/mol.